The number of carbonyl (C=O) groups is 1. The molecule has 0 radical (unpaired) electrons. The number of carbonyl (C=O) groups excluding carboxylic acids is 1. The molecule has 0 amide bonds. The van der Waals surface area contributed by atoms with Gasteiger partial charge in [0, 0.05) is 32.6 Å². The maximum absolute atomic E-state index is 12.6. The zero-order valence-electron chi connectivity index (χ0n) is 12.2. The molecule has 3 rings (SSSR count). The number of nitrogens with one attached hydrogen (secondary N) is 1. The molecule has 0 saturated heterocycles. The molecule has 1 N–H and O–H groups in total. The fourth-order valence-electron chi connectivity index (χ4n) is 2.44. The highest BCUT2D eigenvalue weighted by Gasteiger charge is 2.13. The summed E-state index contributed by atoms with van der Waals surface area (Å²) in [7, 11) is 0. The van der Waals surface area contributed by atoms with Crippen molar-refractivity contribution in [1.82, 2.24) is 4.98 Å². The van der Waals surface area contributed by atoms with Gasteiger partial charge >= 0.3 is 0 Å². The third-order valence-corrected chi connectivity index (χ3v) is 3.99. The molecule has 0 aliphatic heterocycles. The van der Waals surface area contributed by atoms with E-state index in [2.05, 4.69) is 4.98 Å². The summed E-state index contributed by atoms with van der Waals surface area (Å²) >= 11 is 5.83. The summed E-state index contributed by atoms with van der Waals surface area (Å²) in [5.74, 6) is -0.170. The molecule has 0 fully saturated rings. The first kappa shape index (κ1) is 15.0. The lowest BCUT2D eigenvalue weighted by atomic mass is 9.98. The maximum Gasteiger partial charge on any atom is 0.252 e. The first-order chi connectivity index (χ1) is 11.0. The molecule has 2 aromatic carbocycles. The van der Waals surface area contributed by atoms with Gasteiger partial charge in [-0.2, -0.15) is 5.26 Å². The van der Waals surface area contributed by atoms with Crippen LogP contribution in [0.1, 0.15) is 27.0 Å². The van der Waals surface area contributed by atoms with Gasteiger partial charge in [0.05, 0.1) is 5.56 Å². The zero-order valence-corrected chi connectivity index (χ0v) is 12.9. The molecule has 0 spiro atoms. The van der Waals surface area contributed by atoms with Crippen molar-refractivity contribution in [2.24, 2.45) is 0 Å². The number of nitriles is 1. The van der Waals surface area contributed by atoms with Crippen LogP contribution < -0.4 is 5.56 Å². The van der Waals surface area contributed by atoms with Crippen LogP contribution in [0, 0.1) is 18.3 Å². The molecule has 0 atom stereocenters. The average molecular weight is 323 g/mol. The number of aromatic nitrogens is 1. The number of aromatic amines is 1. The van der Waals surface area contributed by atoms with E-state index in [-0.39, 0.29) is 16.9 Å². The molecule has 0 unspecified atom stereocenters. The summed E-state index contributed by atoms with van der Waals surface area (Å²) in [4.78, 5) is 27.1. The average Bonchev–Trinajstić information content (AvgIpc) is 2.56. The second-order valence-electron chi connectivity index (χ2n) is 5.16. The van der Waals surface area contributed by atoms with E-state index in [0.717, 1.165) is 0 Å². The SMILES string of the molecule is Cc1c(C#N)c2cc(C(=O)c3ccc(Cl)cc3)ccc2[nH]c1=O. The van der Waals surface area contributed by atoms with Gasteiger partial charge in [0.1, 0.15) is 6.07 Å². The number of pyridine rings is 1. The number of H-pyrrole nitrogens is 1. The molecule has 5 heteroatoms. The van der Waals surface area contributed by atoms with E-state index in [4.69, 9.17) is 11.6 Å². The molecule has 23 heavy (non-hydrogen) atoms. The third-order valence-electron chi connectivity index (χ3n) is 3.73. The summed E-state index contributed by atoms with van der Waals surface area (Å²) in [6, 6.07) is 13.6. The van der Waals surface area contributed by atoms with Crippen LogP contribution in [0.25, 0.3) is 10.9 Å². The number of benzene rings is 2. The first-order valence-corrected chi connectivity index (χ1v) is 7.26. The molecule has 0 aliphatic rings. The number of halogens is 1. The van der Waals surface area contributed by atoms with Gasteiger partial charge in [0.15, 0.2) is 5.78 Å². The largest absolute Gasteiger partial charge is 0.322 e. The highest BCUT2D eigenvalue weighted by Crippen LogP contribution is 2.21. The second kappa shape index (κ2) is 5.71. The lowest BCUT2D eigenvalue weighted by Gasteiger charge is -2.06. The molecular weight excluding hydrogens is 312 g/mol. The van der Waals surface area contributed by atoms with Crippen LogP contribution in [-0.2, 0) is 0 Å². The van der Waals surface area contributed by atoms with E-state index in [1.807, 2.05) is 6.07 Å². The predicted octanol–water partition coefficient (Wildman–Crippen LogP) is 3.59. The van der Waals surface area contributed by atoms with Crippen molar-refractivity contribution in [2.45, 2.75) is 6.92 Å². The van der Waals surface area contributed by atoms with E-state index < -0.39 is 0 Å². The Hall–Kier alpha value is -2.90. The van der Waals surface area contributed by atoms with Crippen LogP contribution in [0.15, 0.2) is 47.3 Å². The van der Waals surface area contributed by atoms with Crippen LogP contribution in [0.3, 0.4) is 0 Å². The summed E-state index contributed by atoms with van der Waals surface area (Å²) in [6.45, 7) is 1.59. The monoisotopic (exact) mass is 322 g/mol. The van der Waals surface area contributed by atoms with Crippen molar-refractivity contribution in [3.63, 3.8) is 0 Å². The van der Waals surface area contributed by atoms with Crippen LogP contribution in [0.4, 0.5) is 0 Å². The Morgan fingerprint density at radius 1 is 1.13 bits per heavy atom. The number of hydrogen-bond donors (Lipinski definition) is 1. The lowest BCUT2D eigenvalue weighted by Crippen LogP contribution is -2.12. The number of nitrogens with zero attached hydrogens (tertiary/aromatic N) is 1. The Morgan fingerprint density at radius 3 is 2.43 bits per heavy atom. The fourth-order valence-corrected chi connectivity index (χ4v) is 2.57. The molecule has 3 aromatic rings. The normalized spacial score (nSPS) is 10.5. The molecule has 4 nitrogen and oxygen atoms in total. The van der Waals surface area contributed by atoms with Gasteiger partial charge in [-0.15, -0.1) is 0 Å². The Balaban J connectivity index is 2.19. The minimum Gasteiger partial charge on any atom is -0.322 e. The van der Waals surface area contributed by atoms with Crippen molar-refractivity contribution < 1.29 is 4.79 Å². The minimum atomic E-state index is -0.300. The van der Waals surface area contributed by atoms with Gasteiger partial charge < -0.3 is 4.98 Å². The number of ketones is 1. The Kier molecular flexibility index (Phi) is 3.73. The van der Waals surface area contributed by atoms with Crippen molar-refractivity contribution in [1.29, 1.82) is 5.26 Å². The van der Waals surface area contributed by atoms with Gasteiger partial charge in [-0.3, -0.25) is 9.59 Å². The van der Waals surface area contributed by atoms with Crippen LogP contribution in [0.5, 0.6) is 0 Å². The zero-order chi connectivity index (χ0) is 16.6. The van der Waals surface area contributed by atoms with Gasteiger partial charge in [-0.1, -0.05) is 11.6 Å². The van der Waals surface area contributed by atoms with Crippen LogP contribution in [0.2, 0.25) is 5.02 Å². The summed E-state index contributed by atoms with van der Waals surface area (Å²) in [5, 5.41) is 10.4. The van der Waals surface area contributed by atoms with Crippen molar-refractivity contribution in [3.8, 4) is 6.07 Å². The smallest absolute Gasteiger partial charge is 0.252 e. The van der Waals surface area contributed by atoms with E-state index >= 15 is 0 Å². The third kappa shape index (κ3) is 2.63. The molecule has 0 aliphatic carbocycles. The standard InChI is InChI=1S/C18H11ClN2O2/c1-10-15(9-20)14-8-12(4-7-16(14)21-18(10)23)17(22)11-2-5-13(19)6-3-11/h2-8H,1H3,(H,21,23). The van der Waals surface area contributed by atoms with Gasteiger partial charge in [0.2, 0.25) is 0 Å². The predicted molar refractivity (Wildman–Crippen MR) is 88.9 cm³/mol. The minimum absolute atomic E-state index is 0.170. The Morgan fingerprint density at radius 2 is 1.78 bits per heavy atom. The summed E-state index contributed by atoms with van der Waals surface area (Å²) < 4.78 is 0. The summed E-state index contributed by atoms with van der Waals surface area (Å²) in [6.07, 6.45) is 0. The van der Waals surface area contributed by atoms with E-state index in [9.17, 15) is 14.9 Å². The maximum atomic E-state index is 12.6. The molecule has 1 aromatic heterocycles. The summed E-state index contributed by atoms with van der Waals surface area (Å²) in [5.41, 5.74) is 1.82. The molecular formula is C18H11ClN2O2. The van der Waals surface area contributed by atoms with Crippen molar-refractivity contribution in [3.05, 3.63) is 80.1 Å². The quantitative estimate of drug-likeness (QED) is 0.733. The molecule has 112 valence electrons. The Labute approximate surface area is 137 Å². The van der Waals surface area contributed by atoms with Crippen LogP contribution >= 0.6 is 11.6 Å². The van der Waals surface area contributed by atoms with Gasteiger partial charge in [0.25, 0.3) is 5.56 Å². The van der Waals surface area contributed by atoms with Crippen molar-refractivity contribution >= 4 is 28.3 Å². The molecule has 1 heterocycles. The van der Waals surface area contributed by atoms with E-state index in [1.165, 1.54) is 0 Å². The number of rotatable bonds is 2. The lowest BCUT2D eigenvalue weighted by molar-refractivity contribution is 0.103. The van der Waals surface area contributed by atoms with Gasteiger partial charge in [-0.25, -0.2) is 0 Å². The second-order valence-corrected chi connectivity index (χ2v) is 5.60. The number of hydrogen-bond acceptors (Lipinski definition) is 3. The fraction of sp³-hybridized carbons (Fsp3) is 0.0556. The van der Waals surface area contributed by atoms with Crippen molar-refractivity contribution in [2.75, 3.05) is 0 Å². The molecule has 0 saturated carbocycles. The molecule has 0 bridgehead atoms. The number of fused-ring (bicyclic) bond motifs is 1. The Bertz CT molecular complexity index is 1030. The first-order valence-electron chi connectivity index (χ1n) is 6.88. The highest BCUT2D eigenvalue weighted by atomic mass is 35.5. The highest BCUT2D eigenvalue weighted by molar-refractivity contribution is 6.30. The van der Waals surface area contributed by atoms with Gasteiger partial charge in [-0.05, 0) is 49.4 Å². The van der Waals surface area contributed by atoms with E-state index in [0.29, 0.717) is 32.6 Å². The topological polar surface area (TPSA) is 73.7 Å². The van der Waals surface area contributed by atoms with Crippen LogP contribution in [-0.4, -0.2) is 10.8 Å². The van der Waals surface area contributed by atoms with E-state index in [1.54, 1.807) is 49.4 Å².